The molecule has 4 N–H and O–H groups in total. The van der Waals surface area contributed by atoms with Crippen LogP contribution in [-0.4, -0.2) is 31.0 Å². The van der Waals surface area contributed by atoms with Crippen LogP contribution in [0.25, 0.3) is 0 Å². The molecule has 0 saturated carbocycles. The van der Waals surface area contributed by atoms with Gasteiger partial charge in [-0.05, 0) is 32.9 Å². The van der Waals surface area contributed by atoms with Crippen molar-refractivity contribution >= 4 is 11.6 Å². The van der Waals surface area contributed by atoms with Crippen molar-refractivity contribution in [2.24, 2.45) is 10.7 Å². The smallest absolute Gasteiger partial charge is 0.404 e. The molecular formula is C14H21F3N4O. The molecule has 0 unspecified atom stereocenters. The first-order chi connectivity index (χ1) is 10.1. The number of hydrogen-bond acceptors (Lipinski definition) is 3. The number of hydrogen-bond donors (Lipinski definition) is 3. The zero-order valence-electron chi connectivity index (χ0n) is 12.8. The number of para-hydroxylation sites is 2. The number of nitrogens with two attached hydrogens (primary N) is 1. The van der Waals surface area contributed by atoms with Gasteiger partial charge in [-0.2, -0.15) is 0 Å². The van der Waals surface area contributed by atoms with E-state index in [1.165, 1.54) is 18.2 Å². The standard InChI is InChI=1S/C14H21F3N4O/c1-13(2,3)20-9-8-19-12(18)21-10-6-4-5-7-11(10)22-14(15,16)17/h4-7,20H,8-9H2,1-3H3,(H3,18,19,21). The summed E-state index contributed by atoms with van der Waals surface area (Å²) in [5.74, 6) is -0.338. The first-order valence-electron chi connectivity index (χ1n) is 6.73. The molecule has 1 rings (SSSR count). The fourth-order valence-corrected chi connectivity index (χ4v) is 1.57. The van der Waals surface area contributed by atoms with Gasteiger partial charge in [0.2, 0.25) is 0 Å². The Balaban J connectivity index is 2.62. The van der Waals surface area contributed by atoms with E-state index in [4.69, 9.17) is 5.73 Å². The second kappa shape index (κ2) is 7.35. The molecule has 8 heteroatoms. The third-order valence-electron chi connectivity index (χ3n) is 2.42. The van der Waals surface area contributed by atoms with Crippen LogP contribution in [0, 0.1) is 0 Å². The molecule has 0 fully saturated rings. The Morgan fingerprint density at radius 3 is 2.45 bits per heavy atom. The Kier molecular flexibility index (Phi) is 6.04. The number of nitrogens with zero attached hydrogens (tertiary/aromatic N) is 1. The molecule has 22 heavy (non-hydrogen) atoms. The van der Waals surface area contributed by atoms with Gasteiger partial charge in [-0.25, -0.2) is 0 Å². The minimum atomic E-state index is -4.76. The highest BCUT2D eigenvalue weighted by Gasteiger charge is 2.32. The first-order valence-corrected chi connectivity index (χ1v) is 6.73. The molecule has 0 bridgehead atoms. The van der Waals surface area contributed by atoms with Crippen LogP contribution in [0.2, 0.25) is 0 Å². The van der Waals surface area contributed by atoms with Crippen molar-refractivity contribution in [3.05, 3.63) is 24.3 Å². The maximum atomic E-state index is 12.3. The Morgan fingerprint density at radius 2 is 1.86 bits per heavy atom. The van der Waals surface area contributed by atoms with E-state index in [9.17, 15) is 13.2 Å². The summed E-state index contributed by atoms with van der Waals surface area (Å²) in [4.78, 5) is 4.04. The van der Waals surface area contributed by atoms with Gasteiger partial charge in [0.1, 0.15) is 0 Å². The van der Waals surface area contributed by atoms with Gasteiger partial charge in [-0.3, -0.25) is 4.99 Å². The number of guanidine groups is 1. The average Bonchev–Trinajstić information content (AvgIpc) is 2.34. The van der Waals surface area contributed by atoms with Crippen LogP contribution in [0.5, 0.6) is 5.75 Å². The zero-order chi connectivity index (χ0) is 16.8. The van der Waals surface area contributed by atoms with Crippen LogP contribution in [0.15, 0.2) is 29.3 Å². The molecule has 1 aromatic carbocycles. The van der Waals surface area contributed by atoms with Crippen molar-refractivity contribution in [1.82, 2.24) is 5.32 Å². The Hall–Kier alpha value is -1.96. The van der Waals surface area contributed by atoms with Crippen LogP contribution in [0.1, 0.15) is 20.8 Å². The molecule has 0 heterocycles. The molecule has 0 atom stereocenters. The molecule has 0 saturated heterocycles. The molecule has 0 radical (unpaired) electrons. The van der Waals surface area contributed by atoms with E-state index >= 15 is 0 Å². The highest BCUT2D eigenvalue weighted by Crippen LogP contribution is 2.29. The molecule has 0 aromatic heterocycles. The lowest BCUT2D eigenvalue weighted by atomic mass is 10.1. The quantitative estimate of drug-likeness (QED) is 0.443. The van der Waals surface area contributed by atoms with Crippen molar-refractivity contribution in [1.29, 1.82) is 0 Å². The van der Waals surface area contributed by atoms with E-state index in [-0.39, 0.29) is 22.9 Å². The van der Waals surface area contributed by atoms with Gasteiger partial charge in [0.15, 0.2) is 11.7 Å². The van der Waals surface area contributed by atoms with E-state index in [0.29, 0.717) is 13.1 Å². The summed E-state index contributed by atoms with van der Waals surface area (Å²) in [5, 5.41) is 5.83. The molecular weight excluding hydrogens is 297 g/mol. The largest absolute Gasteiger partial charge is 0.573 e. The minimum absolute atomic E-state index is 0.0222. The predicted molar refractivity (Wildman–Crippen MR) is 81.0 cm³/mol. The van der Waals surface area contributed by atoms with Crippen LogP contribution >= 0.6 is 0 Å². The van der Waals surface area contributed by atoms with Crippen molar-refractivity contribution in [3.63, 3.8) is 0 Å². The fraction of sp³-hybridized carbons (Fsp3) is 0.500. The van der Waals surface area contributed by atoms with Crippen LogP contribution in [-0.2, 0) is 0 Å². The van der Waals surface area contributed by atoms with E-state index in [1.54, 1.807) is 6.07 Å². The number of halogens is 3. The van der Waals surface area contributed by atoms with Gasteiger partial charge < -0.3 is 21.1 Å². The highest BCUT2D eigenvalue weighted by molar-refractivity contribution is 5.93. The lowest BCUT2D eigenvalue weighted by Gasteiger charge is -2.19. The maximum Gasteiger partial charge on any atom is 0.573 e. The van der Waals surface area contributed by atoms with Crippen LogP contribution in [0.4, 0.5) is 18.9 Å². The summed E-state index contributed by atoms with van der Waals surface area (Å²) in [5.41, 5.74) is 5.73. The van der Waals surface area contributed by atoms with Crippen molar-refractivity contribution in [2.75, 3.05) is 18.4 Å². The second-order valence-corrected chi connectivity index (χ2v) is 5.61. The lowest BCUT2D eigenvalue weighted by Crippen LogP contribution is -2.37. The van der Waals surface area contributed by atoms with Gasteiger partial charge >= 0.3 is 6.36 Å². The van der Waals surface area contributed by atoms with E-state index in [2.05, 4.69) is 20.4 Å². The molecule has 5 nitrogen and oxygen atoms in total. The first kappa shape index (κ1) is 18.1. The van der Waals surface area contributed by atoms with Gasteiger partial charge in [0.05, 0.1) is 12.2 Å². The maximum absolute atomic E-state index is 12.3. The summed E-state index contributed by atoms with van der Waals surface area (Å²) in [6.07, 6.45) is -4.76. The molecule has 124 valence electrons. The minimum Gasteiger partial charge on any atom is -0.404 e. The van der Waals surface area contributed by atoms with Gasteiger partial charge in [0.25, 0.3) is 0 Å². The number of aliphatic imine (C=N–C) groups is 1. The number of benzene rings is 1. The Bertz CT molecular complexity index is 510. The van der Waals surface area contributed by atoms with Gasteiger partial charge in [0, 0.05) is 12.1 Å². The second-order valence-electron chi connectivity index (χ2n) is 5.61. The lowest BCUT2D eigenvalue weighted by molar-refractivity contribution is -0.274. The Labute approximate surface area is 127 Å². The monoisotopic (exact) mass is 318 g/mol. The molecule has 1 aromatic rings. The molecule has 0 aliphatic carbocycles. The normalized spacial score (nSPS) is 13.1. The SMILES string of the molecule is CC(C)(C)NCCN=C(N)Nc1ccccc1OC(F)(F)F. The van der Waals surface area contributed by atoms with E-state index < -0.39 is 6.36 Å². The van der Waals surface area contributed by atoms with Crippen molar-refractivity contribution < 1.29 is 17.9 Å². The number of alkyl halides is 3. The molecule has 0 aliphatic rings. The summed E-state index contributed by atoms with van der Waals surface area (Å²) >= 11 is 0. The van der Waals surface area contributed by atoms with Crippen molar-refractivity contribution in [3.8, 4) is 5.75 Å². The summed E-state index contributed by atoms with van der Waals surface area (Å²) in [7, 11) is 0. The van der Waals surface area contributed by atoms with E-state index in [1.807, 2.05) is 20.8 Å². The molecule has 0 amide bonds. The average molecular weight is 318 g/mol. The highest BCUT2D eigenvalue weighted by atomic mass is 19.4. The van der Waals surface area contributed by atoms with Crippen LogP contribution in [0.3, 0.4) is 0 Å². The summed E-state index contributed by atoms with van der Waals surface area (Å²) in [6.45, 7) is 7.06. The molecule has 0 spiro atoms. The number of rotatable bonds is 5. The number of nitrogens with one attached hydrogen (secondary N) is 2. The Morgan fingerprint density at radius 1 is 1.23 bits per heavy atom. The number of anilines is 1. The summed E-state index contributed by atoms with van der Waals surface area (Å²) in [6, 6.07) is 5.63. The topological polar surface area (TPSA) is 71.7 Å². The van der Waals surface area contributed by atoms with Gasteiger partial charge in [-0.1, -0.05) is 12.1 Å². The summed E-state index contributed by atoms with van der Waals surface area (Å²) < 4.78 is 40.8. The third-order valence-corrected chi connectivity index (χ3v) is 2.42. The van der Waals surface area contributed by atoms with E-state index in [0.717, 1.165) is 0 Å². The van der Waals surface area contributed by atoms with Crippen LogP contribution < -0.4 is 21.1 Å². The third kappa shape index (κ3) is 7.72. The predicted octanol–water partition coefficient (Wildman–Crippen LogP) is 2.70. The fourth-order valence-electron chi connectivity index (χ4n) is 1.57. The van der Waals surface area contributed by atoms with Crippen molar-refractivity contribution in [2.45, 2.75) is 32.7 Å². The number of ether oxygens (including phenoxy) is 1. The van der Waals surface area contributed by atoms with Gasteiger partial charge in [-0.15, -0.1) is 13.2 Å². The molecule has 0 aliphatic heterocycles. The zero-order valence-corrected chi connectivity index (χ0v) is 12.8.